The van der Waals surface area contributed by atoms with Gasteiger partial charge in [-0.15, -0.1) is 0 Å². The molecule has 0 aliphatic carbocycles. The number of nitrogens with one attached hydrogen (secondary N) is 1. The topological polar surface area (TPSA) is 55.4 Å². The van der Waals surface area contributed by atoms with Crippen LogP contribution in [0.2, 0.25) is 0 Å². The Morgan fingerprint density at radius 2 is 1.67 bits per heavy atom. The van der Waals surface area contributed by atoms with E-state index in [1.165, 1.54) is 0 Å². The van der Waals surface area contributed by atoms with Crippen LogP contribution in [0.3, 0.4) is 0 Å². The first-order valence-corrected chi connectivity index (χ1v) is 5.93. The van der Waals surface area contributed by atoms with E-state index in [0.29, 0.717) is 5.69 Å². The molecule has 0 aliphatic heterocycles. The SMILES string of the molecule is COS(=O)(=O)Nc1c(C)ccc(C)c1C. The van der Waals surface area contributed by atoms with E-state index in [1.54, 1.807) is 0 Å². The van der Waals surface area contributed by atoms with Gasteiger partial charge in [-0.3, -0.25) is 8.91 Å². The molecule has 0 radical (unpaired) electrons. The molecule has 0 atom stereocenters. The van der Waals surface area contributed by atoms with Gasteiger partial charge in [0.2, 0.25) is 0 Å². The van der Waals surface area contributed by atoms with Gasteiger partial charge in [-0.2, -0.15) is 8.42 Å². The van der Waals surface area contributed by atoms with Crippen molar-refractivity contribution in [2.24, 2.45) is 0 Å². The molecule has 0 fully saturated rings. The van der Waals surface area contributed by atoms with E-state index in [2.05, 4.69) is 8.91 Å². The largest absolute Gasteiger partial charge is 0.359 e. The van der Waals surface area contributed by atoms with Gasteiger partial charge < -0.3 is 0 Å². The molecule has 5 heteroatoms. The third kappa shape index (κ3) is 2.70. The zero-order valence-corrected chi connectivity index (χ0v) is 10.1. The number of hydrogen-bond donors (Lipinski definition) is 1. The molecule has 0 heterocycles. The summed E-state index contributed by atoms with van der Waals surface area (Å²) in [5.74, 6) is 0. The molecule has 1 aromatic rings. The smallest absolute Gasteiger partial charge is 0.260 e. The van der Waals surface area contributed by atoms with Gasteiger partial charge in [0, 0.05) is 0 Å². The van der Waals surface area contributed by atoms with Crippen LogP contribution in [0, 0.1) is 20.8 Å². The lowest BCUT2D eigenvalue weighted by atomic mass is 10.0. The first-order chi connectivity index (χ1) is 6.87. The van der Waals surface area contributed by atoms with E-state index >= 15 is 0 Å². The first kappa shape index (κ1) is 12.0. The lowest BCUT2D eigenvalue weighted by Gasteiger charge is -2.13. The lowest BCUT2D eigenvalue weighted by molar-refractivity contribution is 0.402. The zero-order chi connectivity index (χ0) is 11.6. The van der Waals surface area contributed by atoms with Crippen molar-refractivity contribution in [3.05, 3.63) is 28.8 Å². The summed E-state index contributed by atoms with van der Waals surface area (Å²) in [6.07, 6.45) is 0. The molecule has 0 saturated heterocycles. The van der Waals surface area contributed by atoms with E-state index in [9.17, 15) is 8.42 Å². The standard InChI is InChI=1S/C10H15NO3S/c1-7-5-6-8(2)10(9(7)3)11-15(12,13)14-4/h5-6,11H,1-4H3. The summed E-state index contributed by atoms with van der Waals surface area (Å²) >= 11 is 0. The highest BCUT2D eigenvalue weighted by Gasteiger charge is 2.12. The van der Waals surface area contributed by atoms with Crippen LogP contribution < -0.4 is 4.72 Å². The summed E-state index contributed by atoms with van der Waals surface area (Å²) in [4.78, 5) is 0. The quantitative estimate of drug-likeness (QED) is 0.861. The van der Waals surface area contributed by atoms with Crippen LogP contribution >= 0.6 is 0 Å². The fraction of sp³-hybridized carbons (Fsp3) is 0.400. The number of rotatable bonds is 3. The molecule has 1 aromatic carbocycles. The van der Waals surface area contributed by atoms with E-state index in [1.807, 2.05) is 32.9 Å². The molecule has 0 bridgehead atoms. The summed E-state index contributed by atoms with van der Waals surface area (Å²) < 4.78 is 29.3. The molecule has 0 amide bonds. The van der Waals surface area contributed by atoms with Crippen molar-refractivity contribution in [2.75, 3.05) is 11.8 Å². The minimum absolute atomic E-state index is 0.594. The van der Waals surface area contributed by atoms with Crippen LogP contribution in [0.25, 0.3) is 0 Å². The van der Waals surface area contributed by atoms with Gasteiger partial charge in [0.1, 0.15) is 0 Å². The van der Waals surface area contributed by atoms with Crippen LogP contribution in [0.1, 0.15) is 16.7 Å². The van der Waals surface area contributed by atoms with Gasteiger partial charge in [0.25, 0.3) is 0 Å². The van der Waals surface area contributed by atoms with Gasteiger partial charge in [-0.1, -0.05) is 12.1 Å². The van der Waals surface area contributed by atoms with Crippen LogP contribution in [-0.2, 0) is 14.5 Å². The molecule has 0 aromatic heterocycles. The molecule has 0 saturated carbocycles. The highest BCUT2D eigenvalue weighted by atomic mass is 32.2. The predicted molar refractivity (Wildman–Crippen MR) is 60.2 cm³/mol. The molecular weight excluding hydrogens is 214 g/mol. The number of hydrogen-bond acceptors (Lipinski definition) is 3. The highest BCUT2D eigenvalue weighted by molar-refractivity contribution is 7.88. The van der Waals surface area contributed by atoms with Crippen molar-refractivity contribution in [1.82, 2.24) is 0 Å². The molecule has 1 N–H and O–H groups in total. The second-order valence-corrected chi connectivity index (χ2v) is 4.87. The minimum Gasteiger partial charge on any atom is -0.260 e. The average Bonchev–Trinajstić information content (AvgIpc) is 2.19. The van der Waals surface area contributed by atoms with Crippen molar-refractivity contribution in [3.63, 3.8) is 0 Å². The third-order valence-corrected chi connectivity index (χ3v) is 3.28. The van der Waals surface area contributed by atoms with Crippen molar-refractivity contribution >= 4 is 16.0 Å². The number of benzene rings is 1. The van der Waals surface area contributed by atoms with E-state index < -0.39 is 10.3 Å². The highest BCUT2D eigenvalue weighted by Crippen LogP contribution is 2.24. The fourth-order valence-corrected chi connectivity index (χ4v) is 1.92. The zero-order valence-electron chi connectivity index (χ0n) is 9.29. The summed E-state index contributed by atoms with van der Waals surface area (Å²) in [6, 6.07) is 3.82. The maximum Gasteiger partial charge on any atom is 0.359 e. The van der Waals surface area contributed by atoms with Crippen LogP contribution in [-0.4, -0.2) is 15.5 Å². The minimum atomic E-state index is -3.68. The molecule has 0 unspecified atom stereocenters. The van der Waals surface area contributed by atoms with Gasteiger partial charge in [0.15, 0.2) is 0 Å². The number of aryl methyl sites for hydroxylation is 2. The van der Waals surface area contributed by atoms with E-state index in [4.69, 9.17) is 0 Å². The Morgan fingerprint density at radius 1 is 1.13 bits per heavy atom. The van der Waals surface area contributed by atoms with Crippen LogP contribution in [0.5, 0.6) is 0 Å². The summed E-state index contributed by atoms with van der Waals surface area (Å²) in [6.45, 7) is 5.65. The Bertz CT molecular complexity index is 466. The molecule has 4 nitrogen and oxygen atoms in total. The third-order valence-electron chi connectivity index (χ3n) is 2.39. The molecule has 15 heavy (non-hydrogen) atoms. The van der Waals surface area contributed by atoms with Crippen molar-refractivity contribution < 1.29 is 12.6 Å². The van der Waals surface area contributed by atoms with Gasteiger partial charge >= 0.3 is 10.3 Å². The fourth-order valence-electron chi connectivity index (χ4n) is 1.27. The Balaban J connectivity index is 3.21. The maximum atomic E-state index is 11.3. The number of anilines is 1. The predicted octanol–water partition coefficient (Wildman–Crippen LogP) is 1.91. The molecule has 1 rings (SSSR count). The first-order valence-electron chi connectivity index (χ1n) is 4.52. The molecule has 0 spiro atoms. The molecular formula is C10H15NO3S. The second-order valence-electron chi connectivity index (χ2n) is 3.42. The Hall–Kier alpha value is -1.07. The van der Waals surface area contributed by atoms with Gasteiger partial charge in [-0.25, -0.2) is 0 Å². The van der Waals surface area contributed by atoms with Crippen LogP contribution in [0.4, 0.5) is 5.69 Å². The lowest BCUT2D eigenvalue weighted by Crippen LogP contribution is -2.15. The Morgan fingerprint density at radius 3 is 2.20 bits per heavy atom. The van der Waals surface area contributed by atoms with Crippen molar-refractivity contribution in [3.8, 4) is 0 Å². The van der Waals surface area contributed by atoms with Crippen LogP contribution in [0.15, 0.2) is 12.1 Å². The molecule has 84 valence electrons. The summed E-state index contributed by atoms with van der Waals surface area (Å²) in [5, 5.41) is 0. The van der Waals surface area contributed by atoms with E-state index in [0.717, 1.165) is 23.8 Å². The van der Waals surface area contributed by atoms with Gasteiger partial charge in [-0.05, 0) is 37.5 Å². The second kappa shape index (κ2) is 4.20. The molecule has 0 aliphatic rings. The van der Waals surface area contributed by atoms with Crippen molar-refractivity contribution in [1.29, 1.82) is 0 Å². The van der Waals surface area contributed by atoms with Crippen molar-refractivity contribution in [2.45, 2.75) is 20.8 Å². The average molecular weight is 229 g/mol. The van der Waals surface area contributed by atoms with E-state index in [-0.39, 0.29) is 0 Å². The normalized spacial score (nSPS) is 11.5. The monoisotopic (exact) mass is 229 g/mol. The Labute approximate surface area is 90.5 Å². The summed E-state index contributed by atoms with van der Waals surface area (Å²) in [5.41, 5.74) is 3.42. The summed E-state index contributed by atoms with van der Waals surface area (Å²) in [7, 11) is -2.56. The maximum absolute atomic E-state index is 11.3. The van der Waals surface area contributed by atoms with Gasteiger partial charge in [0.05, 0.1) is 12.8 Å². The Kier molecular flexibility index (Phi) is 3.36.